The van der Waals surface area contributed by atoms with Gasteiger partial charge >= 0.3 is 0 Å². The molecule has 0 aliphatic rings. The number of rotatable bonds is 3. The quantitative estimate of drug-likeness (QED) is 0.742. The molecule has 0 spiro atoms. The maximum Gasteiger partial charge on any atom is 0.106 e. The topological polar surface area (TPSA) is 60.9 Å². The van der Waals surface area contributed by atoms with Gasteiger partial charge in [-0.2, -0.15) is 0 Å². The summed E-state index contributed by atoms with van der Waals surface area (Å²) in [5.41, 5.74) is 2.39. The second-order valence-corrected chi connectivity index (χ2v) is 3.82. The van der Waals surface area contributed by atoms with Crippen LogP contribution in [0, 0.1) is 0 Å². The lowest BCUT2D eigenvalue weighted by molar-refractivity contribution is 0.174. The van der Waals surface area contributed by atoms with Gasteiger partial charge in [0.25, 0.3) is 0 Å². The van der Waals surface area contributed by atoms with Gasteiger partial charge in [0, 0.05) is 18.4 Å². The van der Waals surface area contributed by atoms with Crippen LogP contribution in [0.3, 0.4) is 0 Å². The van der Waals surface area contributed by atoms with Gasteiger partial charge in [-0.3, -0.25) is 4.98 Å². The van der Waals surface area contributed by atoms with E-state index in [1.165, 1.54) is 0 Å². The minimum atomic E-state index is -0.553. The van der Waals surface area contributed by atoms with Gasteiger partial charge in [0.05, 0.1) is 16.1 Å². The molecule has 0 saturated carbocycles. The Balaban J connectivity index is 2.38. The van der Waals surface area contributed by atoms with Crippen LogP contribution >= 0.6 is 11.6 Å². The summed E-state index contributed by atoms with van der Waals surface area (Å²) >= 11 is 5.81. The molecule has 0 bridgehead atoms. The van der Waals surface area contributed by atoms with Crippen molar-refractivity contribution < 1.29 is 5.11 Å². The number of aliphatic hydroxyl groups is 1. The smallest absolute Gasteiger partial charge is 0.106 e. The van der Waals surface area contributed by atoms with E-state index in [0.717, 1.165) is 16.7 Å². The zero-order chi connectivity index (χ0) is 10.8. The zero-order valence-corrected chi connectivity index (χ0v) is 9.04. The lowest BCUT2D eigenvalue weighted by atomic mass is 10.2. The second kappa shape index (κ2) is 4.18. The Hall–Kier alpha value is -1.10. The molecule has 0 fully saturated rings. The number of aromatic amines is 1. The lowest BCUT2D eigenvalue weighted by Crippen LogP contribution is -2.16. The third-order valence-electron chi connectivity index (χ3n) is 2.21. The third kappa shape index (κ3) is 2.12. The highest BCUT2D eigenvalue weighted by Gasteiger charge is 2.10. The van der Waals surface area contributed by atoms with Crippen LogP contribution in [-0.2, 0) is 0 Å². The molecule has 2 aromatic heterocycles. The van der Waals surface area contributed by atoms with Crippen LogP contribution in [0.15, 0.2) is 18.3 Å². The Morgan fingerprint density at radius 2 is 2.40 bits per heavy atom. The van der Waals surface area contributed by atoms with Crippen molar-refractivity contribution in [2.45, 2.75) is 6.10 Å². The number of H-pyrrole nitrogens is 1. The highest BCUT2D eigenvalue weighted by atomic mass is 35.5. The summed E-state index contributed by atoms with van der Waals surface area (Å²) in [6, 6.07) is 3.62. The molecule has 0 aliphatic carbocycles. The third-order valence-corrected chi connectivity index (χ3v) is 2.42. The number of fused-ring (bicyclic) bond motifs is 1. The van der Waals surface area contributed by atoms with E-state index < -0.39 is 6.10 Å². The molecule has 4 nitrogen and oxygen atoms in total. The van der Waals surface area contributed by atoms with Crippen LogP contribution in [0.2, 0.25) is 5.02 Å². The Labute approximate surface area is 92.3 Å². The van der Waals surface area contributed by atoms with E-state index in [9.17, 15) is 5.11 Å². The molecule has 3 N–H and O–H groups in total. The van der Waals surface area contributed by atoms with Crippen molar-refractivity contribution in [2.24, 2.45) is 0 Å². The molecule has 15 heavy (non-hydrogen) atoms. The molecule has 2 aromatic rings. The number of hydrogen-bond acceptors (Lipinski definition) is 3. The fourth-order valence-corrected chi connectivity index (χ4v) is 1.64. The molecule has 0 amide bonds. The molecule has 2 heterocycles. The average molecular weight is 226 g/mol. The summed E-state index contributed by atoms with van der Waals surface area (Å²) in [6.45, 7) is 0.501. The first-order valence-corrected chi connectivity index (χ1v) is 5.05. The second-order valence-electron chi connectivity index (χ2n) is 3.38. The van der Waals surface area contributed by atoms with Gasteiger partial charge in [0.1, 0.15) is 6.10 Å². The van der Waals surface area contributed by atoms with E-state index in [1.54, 1.807) is 19.3 Å². The van der Waals surface area contributed by atoms with Crippen LogP contribution in [0.5, 0.6) is 0 Å². The SMILES string of the molecule is CNCC(O)c1cc2ncc(Cl)cc2[nH]1. The predicted octanol–water partition coefficient (Wildman–Crippen LogP) is 1.47. The van der Waals surface area contributed by atoms with Gasteiger partial charge in [-0.25, -0.2) is 0 Å². The molecule has 1 unspecified atom stereocenters. The van der Waals surface area contributed by atoms with Crippen LogP contribution in [-0.4, -0.2) is 28.7 Å². The summed E-state index contributed by atoms with van der Waals surface area (Å²) in [7, 11) is 1.79. The summed E-state index contributed by atoms with van der Waals surface area (Å²) in [6.07, 6.45) is 1.04. The van der Waals surface area contributed by atoms with E-state index in [-0.39, 0.29) is 0 Å². The van der Waals surface area contributed by atoms with Crippen LogP contribution < -0.4 is 5.32 Å². The summed E-state index contributed by atoms with van der Waals surface area (Å²) < 4.78 is 0. The molecule has 2 rings (SSSR count). The van der Waals surface area contributed by atoms with Crippen LogP contribution in [0.1, 0.15) is 11.8 Å². The number of pyridine rings is 1. The summed E-state index contributed by atoms with van der Waals surface area (Å²) in [4.78, 5) is 7.23. The number of nitrogens with zero attached hydrogens (tertiary/aromatic N) is 1. The first-order valence-electron chi connectivity index (χ1n) is 4.67. The van der Waals surface area contributed by atoms with Gasteiger partial charge in [-0.15, -0.1) is 0 Å². The van der Waals surface area contributed by atoms with Crippen molar-refractivity contribution in [1.82, 2.24) is 15.3 Å². The summed E-state index contributed by atoms with van der Waals surface area (Å²) in [5, 5.41) is 13.2. The van der Waals surface area contributed by atoms with Crippen molar-refractivity contribution >= 4 is 22.6 Å². The largest absolute Gasteiger partial charge is 0.386 e. The normalized spacial score (nSPS) is 13.3. The van der Waals surface area contributed by atoms with Crippen LogP contribution in [0.4, 0.5) is 0 Å². The van der Waals surface area contributed by atoms with Crippen molar-refractivity contribution in [3.63, 3.8) is 0 Å². The fraction of sp³-hybridized carbons (Fsp3) is 0.300. The molecule has 80 valence electrons. The predicted molar refractivity (Wildman–Crippen MR) is 60.0 cm³/mol. The Bertz CT molecular complexity index is 469. The van der Waals surface area contributed by atoms with Crippen molar-refractivity contribution in [3.05, 3.63) is 29.0 Å². The molecule has 0 radical (unpaired) electrons. The zero-order valence-electron chi connectivity index (χ0n) is 8.29. The standard InChI is InChI=1S/C10H12ClN3O/c1-12-5-10(15)9-3-7-8(14-9)2-6(11)4-13-7/h2-4,10,12,14-15H,5H2,1H3. The van der Waals surface area contributed by atoms with E-state index in [1.807, 2.05) is 6.07 Å². The summed E-state index contributed by atoms with van der Waals surface area (Å²) in [5.74, 6) is 0. The van der Waals surface area contributed by atoms with Crippen molar-refractivity contribution in [1.29, 1.82) is 0 Å². The maximum atomic E-state index is 9.74. The molecule has 0 aromatic carbocycles. The molecular formula is C10H12ClN3O. The number of aromatic nitrogens is 2. The molecular weight excluding hydrogens is 214 g/mol. The first-order chi connectivity index (χ1) is 7.20. The number of aliphatic hydroxyl groups excluding tert-OH is 1. The van der Waals surface area contributed by atoms with Gasteiger partial charge in [-0.05, 0) is 19.2 Å². The van der Waals surface area contributed by atoms with E-state index in [4.69, 9.17) is 11.6 Å². The van der Waals surface area contributed by atoms with E-state index in [0.29, 0.717) is 11.6 Å². The molecule has 1 atom stereocenters. The number of halogens is 1. The maximum absolute atomic E-state index is 9.74. The van der Waals surface area contributed by atoms with E-state index in [2.05, 4.69) is 15.3 Å². The highest BCUT2D eigenvalue weighted by molar-refractivity contribution is 6.31. The molecule has 0 saturated heterocycles. The number of nitrogens with one attached hydrogen (secondary N) is 2. The highest BCUT2D eigenvalue weighted by Crippen LogP contribution is 2.20. The van der Waals surface area contributed by atoms with Gasteiger partial charge in [0.15, 0.2) is 0 Å². The number of hydrogen-bond donors (Lipinski definition) is 3. The molecule has 5 heteroatoms. The van der Waals surface area contributed by atoms with Gasteiger partial charge in [0.2, 0.25) is 0 Å². The Kier molecular flexibility index (Phi) is 2.90. The Morgan fingerprint density at radius 1 is 1.60 bits per heavy atom. The minimum Gasteiger partial charge on any atom is -0.386 e. The van der Waals surface area contributed by atoms with E-state index >= 15 is 0 Å². The lowest BCUT2D eigenvalue weighted by Gasteiger charge is -2.06. The van der Waals surface area contributed by atoms with Crippen molar-refractivity contribution in [3.8, 4) is 0 Å². The van der Waals surface area contributed by atoms with Crippen molar-refractivity contribution in [2.75, 3.05) is 13.6 Å². The number of likely N-dealkylation sites (N-methyl/N-ethyl adjacent to an activating group) is 1. The van der Waals surface area contributed by atoms with Crippen LogP contribution in [0.25, 0.3) is 11.0 Å². The molecule has 0 aliphatic heterocycles. The fourth-order valence-electron chi connectivity index (χ4n) is 1.49. The monoisotopic (exact) mass is 225 g/mol. The Morgan fingerprint density at radius 3 is 3.13 bits per heavy atom. The average Bonchev–Trinajstić information content (AvgIpc) is 2.60. The first kappa shape index (κ1) is 10.4. The van der Waals surface area contributed by atoms with Gasteiger partial charge < -0.3 is 15.4 Å². The minimum absolute atomic E-state index is 0.501. The van der Waals surface area contributed by atoms with Gasteiger partial charge in [-0.1, -0.05) is 11.6 Å².